The Morgan fingerprint density at radius 3 is 2.35 bits per heavy atom. The van der Waals surface area contributed by atoms with Crippen LogP contribution in [0, 0.1) is 0 Å². The summed E-state index contributed by atoms with van der Waals surface area (Å²) in [6.07, 6.45) is 0. The topological polar surface area (TPSA) is 82.3 Å². The third-order valence-electron chi connectivity index (χ3n) is 3.15. The number of rotatable bonds is 7. The van der Waals surface area contributed by atoms with Gasteiger partial charge in [-0.05, 0) is 39.4 Å². The van der Waals surface area contributed by atoms with Crippen molar-refractivity contribution < 1.29 is 9.59 Å². The molecule has 0 aliphatic heterocycles. The van der Waals surface area contributed by atoms with E-state index in [4.69, 9.17) is 0 Å². The van der Waals surface area contributed by atoms with Gasteiger partial charge in [-0.25, -0.2) is 4.79 Å². The molecule has 0 aromatic heterocycles. The first-order valence-electron chi connectivity index (χ1n) is 7.51. The van der Waals surface area contributed by atoms with Gasteiger partial charge < -0.3 is 21.3 Å². The molecule has 4 N–H and O–H groups in total. The second-order valence-corrected chi connectivity index (χ2v) is 5.74. The lowest BCUT2D eigenvalue weighted by Crippen LogP contribution is -2.57. The second-order valence-electron chi connectivity index (χ2n) is 5.74. The van der Waals surface area contributed by atoms with Crippen LogP contribution in [0.3, 0.4) is 0 Å². The summed E-state index contributed by atoms with van der Waals surface area (Å²) in [7, 11) is 0. The second kappa shape index (κ2) is 10.1. The zero-order chi connectivity index (χ0) is 16.6. The molecule has 23 heavy (non-hydrogen) atoms. The normalized spacial score (nSPS) is 11.8. The molecule has 1 aromatic rings. The Morgan fingerprint density at radius 1 is 1.17 bits per heavy atom. The number of urea groups is 1. The lowest BCUT2D eigenvalue weighted by Gasteiger charge is -2.26. The zero-order valence-electron chi connectivity index (χ0n) is 14.1. The van der Waals surface area contributed by atoms with Crippen molar-refractivity contribution in [3.8, 4) is 0 Å². The first-order valence-corrected chi connectivity index (χ1v) is 7.51. The Balaban J connectivity index is 0.00000484. The molecule has 0 unspecified atom stereocenters. The molecule has 0 aliphatic carbocycles. The quantitative estimate of drug-likeness (QED) is 0.612. The van der Waals surface area contributed by atoms with Crippen molar-refractivity contribution in [2.45, 2.75) is 39.3 Å². The van der Waals surface area contributed by atoms with Crippen LogP contribution in [-0.4, -0.2) is 36.6 Å². The summed E-state index contributed by atoms with van der Waals surface area (Å²) in [5.74, 6) is -0.222. The van der Waals surface area contributed by atoms with E-state index in [2.05, 4.69) is 21.3 Å². The van der Waals surface area contributed by atoms with Gasteiger partial charge in [-0.1, -0.05) is 25.1 Å². The molecular formula is C16H27ClN4O2. The Labute approximate surface area is 144 Å². The first-order chi connectivity index (χ1) is 10.3. The molecule has 0 fully saturated rings. The van der Waals surface area contributed by atoms with E-state index < -0.39 is 11.6 Å². The SMILES string of the molecule is CCN[C@H](C)CNC(=O)C(C)(C)NC(=O)Nc1ccccc1.Cl. The number of hydrogen-bond donors (Lipinski definition) is 4. The molecule has 3 amide bonds. The van der Waals surface area contributed by atoms with E-state index in [1.165, 1.54) is 0 Å². The highest BCUT2D eigenvalue weighted by Gasteiger charge is 2.29. The van der Waals surface area contributed by atoms with Crippen LogP contribution in [0.4, 0.5) is 10.5 Å². The molecule has 0 spiro atoms. The van der Waals surface area contributed by atoms with Crippen molar-refractivity contribution in [2.24, 2.45) is 0 Å². The van der Waals surface area contributed by atoms with Crippen molar-refractivity contribution in [3.05, 3.63) is 30.3 Å². The van der Waals surface area contributed by atoms with Gasteiger partial charge in [0.15, 0.2) is 0 Å². The number of amides is 3. The number of hydrogen-bond acceptors (Lipinski definition) is 3. The number of anilines is 1. The third kappa shape index (κ3) is 7.85. The Kier molecular flexibility index (Phi) is 9.29. The predicted octanol–water partition coefficient (Wildman–Crippen LogP) is 2.12. The van der Waals surface area contributed by atoms with Crippen LogP contribution in [-0.2, 0) is 4.79 Å². The zero-order valence-corrected chi connectivity index (χ0v) is 14.9. The molecule has 0 radical (unpaired) electrons. The lowest BCUT2D eigenvalue weighted by atomic mass is 10.0. The van der Waals surface area contributed by atoms with E-state index in [-0.39, 0.29) is 24.4 Å². The van der Waals surface area contributed by atoms with Gasteiger partial charge >= 0.3 is 6.03 Å². The fourth-order valence-corrected chi connectivity index (χ4v) is 1.91. The van der Waals surface area contributed by atoms with Crippen molar-refractivity contribution in [3.63, 3.8) is 0 Å². The molecule has 1 atom stereocenters. The Morgan fingerprint density at radius 2 is 1.78 bits per heavy atom. The largest absolute Gasteiger partial charge is 0.353 e. The van der Waals surface area contributed by atoms with E-state index in [0.29, 0.717) is 12.2 Å². The fourth-order valence-electron chi connectivity index (χ4n) is 1.91. The van der Waals surface area contributed by atoms with Gasteiger partial charge in [0.05, 0.1) is 0 Å². The van der Waals surface area contributed by atoms with Crippen LogP contribution in [0.25, 0.3) is 0 Å². The fraction of sp³-hybridized carbons (Fsp3) is 0.500. The molecule has 0 heterocycles. The maximum atomic E-state index is 12.2. The molecule has 0 bridgehead atoms. The van der Waals surface area contributed by atoms with Crippen LogP contribution < -0.4 is 21.3 Å². The minimum absolute atomic E-state index is 0. The van der Waals surface area contributed by atoms with Gasteiger partial charge in [0.25, 0.3) is 0 Å². The van der Waals surface area contributed by atoms with E-state index in [0.717, 1.165) is 6.54 Å². The number of benzene rings is 1. The maximum absolute atomic E-state index is 12.2. The highest BCUT2D eigenvalue weighted by Crippen LogP contribution is 2.07. The summed E-state index contributed by atoms with van der Waals surface area (Å²) in [6, 6.07) is 8.86. The molecule has 1 rings (SSSR count). The number of halogens is 1. The number of nitrogens with one attached hydrogen (secondary N) is 4. The first kappa shape index (κ1) is 21.2. The molecule has 0 saturated heterocycles. The molecule has 6 nitrogen and oxygen atoms in total. The summed E-state index contributed by atoms with van der Waals surface area (Å²) < 4.78 is 0. The Hall–Kier alpha value is -1.79. The van der Waals surface area contributed by atoms with Crippen molar-refractivity contribution in [2.75, 3.05) is 18.4 Å². The average molecular weight is 343 g/mol. The van der Waals surface area contributed by atoms with E-state index >= 15 is 0 Å². The Bertz CT molecular complexity index is 494. The van der Waals surface area contributed by atoms with Gasteiger partial charge in [0.1, 0.15) is 5.54 Å². The highest BCUT2D eigenvalue weighted by molar-refractivity contribution is 5.95. The van der Waals surface area contributed by atoms with Crippen LogP contribution in [0.1, 0.15) is 27.7 Å². The number of carbonyl (C=O) groups excluding carboxylic acids is 2. The van der Waals surface area contributed by atoms with E-state index in [1.807, 2.05) is 32.0 Å². The molecule has 0 aliphatic rings. The summed E-state index contributed by atoms with van der Waals surface area (Å²) in [5, 5.41) is 11.4. The number of para-hydroxylation sites is 1. The van der Waals surface area contributed by atoms with Crippen LogP contribution >= 0.6 is 12.4 Å². The van der Waals surface area contributed by atoms with Crippen molar-refractivity contribution >= 4 is 30.0 Å². The standard InChI is InChI=1S/C16H26N4O2.ClH/c1-5-17-12(2)11-18-14(21)16(3,4)20-15(22)19-13-9-7-6-8-10-13;/h6-10,12,17H,5,11H2,1-4H3,(H,18,21)(H2,19,20,22);1H/t12-;/m1./s1. The van der Waals surface area contributed by atoms with Crippen LogP contribution in [0.15, 0.2) is 30.3 Å². The lowest BCUT2D eigenvalue weighted by molar-refractivity contribution is -0.126. The van der Waals surface area contributed by atoms with E-state index in [1.54, 1.807) is 26.0 Å². The number of carbonyl (C=O) groups is 2. The van der Waals surface area contributed by atoms with Gasteiger partial charge in [0, 0.05) is 18.3 Å². The molecule has 7 heteroatoms. The summed E-state index contributed by atoms with van der Waals surface area (Å²) >= 11 is 0. The molecule has 130 valence electrons. The van der Waals surface area contributed by atoms with Gasteiger partial charge in [-0.2, -0.15) is 0 Å². The summed E-state index contributed by atoms with van der Waals surface area (Å²) in [4.78, 5) is 24.1. The van der Waals surface area contributed by atoms with E-state index in [9.17, 15) is 9.59 Å². The average Bonchev–Trinajstić information content (AvgIpc) is 2.45. The molecule has 0 saturated carbocycles. The maximum Gasteiger partial charge on any atom is 0.320 e. The smallest absolute Gasteiger partial charge is 0.320 e. The van der Waals surface area contributed by atoms with Crippen molar-refractivity contribution in [1.82, 2.24) is 16.0 Å². The van der Waals surface area contributed by atoms with Gasteiger partial charge in [-0.3, -0.25) is 4.79 Å². The molecular weight excluding hydrogens is 316 g/mol. The monoisotopic (exact) mass is 342 g/mol. The van der Waals surface area contributed by atoms with Crippen LogP contribution in [0.5, 0.6) is 0 Å². The molecule has 1 aromatic carbocycles. The predicted molar refractivity (Wildman–Crippen MR) is 96.1 cm³/mol. The van der Waals surface area contributed by atoms with Gasteiger partial charge in [0.2, 0.25) is 5.91 Å². The van der Waals surface area contributed by atoms with Crippen LogP contribution in [0.2, 0.25) is 0 Å². The minimum atomic E-state index is -0.995. The third-order valence-corrected chi connectivity index (χ3v) is 3.15. The van der Waals surface area contributed by atoms with Crippen molar-refractivity contribution in [1.29, 1.82) is 0 Å². The minimum Gasteiger partial charge on any atom is -0.353 e. The summed E-state index contributed by atoms with van der Waals surface area (Å²) in [6.45, 7) is 8.70. The summed E-state index contributed by atoms with van der Waals surface area (Å²) in [5.41, 5.74) is -0.317. The highest BCUT2D eigenvalue weighted by atomic mass is 35.5. The number of likely N-dealkylation sites (N-methyl/N-ethyl adjacent to an activating group) is 1. The van der Waals surface area contributed by atoms with Gasteiger partial charge in [-0.15, -0.1) is 12.4 Å².